The Bertz CT molecular complexity index is 395. The molecule has 4 heteroatoms. The summed E-state index contributed by atoms with van der Waals surface area (Å²) in [6, 6.07) is 6.13. The van der Waals surface area contributed by atoms with Crippen LogP contribution in [0.15, 0.2) is 18.2 Å². The molecule has 1 aromatic carbocycles. The molecule has 106 valence electrons. The molecule has 0 spiro atoms. The lowest BCUT2D eigenvalue weighted by Gasteiger charge is -2.18. The van der Waals surface area contributed by atoms with Crippen molar-refractivity contribution in [2.45, 2.75) is 39.2 Å². The van der Waals surface area contributed by atoms with E-state index in [2.05, 4.69) is 19.2 Å². The highest BCUT2D eigenvalue weighted by Gasteiger charge is 2.14. The van der Waals surface area contributed by atoms with Crippen molar-refractivity contribution in [3.63, 3.8) is 0 Å². The Morgan fingerprint density at radius 3 is 2.84 bits per heavy atom. The number of nitrogens with one attached hydrogen (secondary N) is 1. The normalized spacial score (nSPS) is 14.4. The first-order valence-corrected chi connectivity index (χ1v) is 7.09. The molecule has 19 heavy (non-hydrogen) atoms. The van der Waals surface area contributed by atoms with Crippen LogP contribution in [0.1, 0.15) is 33.1 Å². The molecule has 0 saturated heterocycles. The predicted molar refractivity (Wildman–Crippen MR) is 75.0 cm³/mol. The molecule has 1 unspecified atom stereocenters. The molecule has 1 aliphatic rings. The van der Waals surface area contributed by atoms with Gasteiger partial charge in [0.15, 0.2) is 11.5 Å². The molecule has 0 aromatic heterocycles. The molecule has 1 aromatic rings. The zero-order valence-electron chi connectivity index (χ0n) is 11.8. The van der Waals surface area contributed by atoms with Crippen molar-refractivity contribution in [2.75, 3.05) is 19.9 Å². The van der Waals surface area contributed by atoms with Gasteiger partial charge < -0.3 is 19.5 Å². The molecular formula is C15H23NO3. The third-order valence-electron chi connectivity index (χ3n) is 3.12. The number of hydrogen-bond acceptors (Lipinski definition) is 4. The summed E-state index contributed by atoms with van der Waals surface area (Å²) >= 11 is 0. The standard InChI is InChI=1S/C15H23NO3/c1-3-5-12(16-8-4-2)10-17-13-6-7-14-15(9-13)19-11-18-14/h6-7,9,12,16H,3-5,8,10-11H2,1-2H3. The molecule has 0 radical (unpaired) electrons. The van der Waals surface area contributed by atoms with E-state index in [0.29, 0.717) is 19.4 Å². The predicted octanol–water partition coefficient (Wildman–Crippen LogP) is 2.96. The van der Waals surface area contributed by atoms with Gasteiger partial charge in [-0.15, -0.1) is 0 Å². The first-order valence-electron chi connectivity index (χ1n) is 7.09. The van der Waals surface area contributed by atoms with Crippen LogP contribution in [0.5, 0.6) is 17.2 Å². The fourth-order valence-electron chi connectivity index (χ4n) is 2.10. The van der Waals surface area contributed by atoms with Crippen LogP contribution in [-0.4, -0.2) is 26.0 Å². The molecule has 0 amide bonds. The van der Waals surface area contributed by atoms with Gasteiger partial charge in [-0.2, -0.15) is 0 Å². The molecule has 0 aliphatic carbocycles. The average molecular weight is 265 g/mol. The van der Waals surface area contributed by atoms with E-state index in [1.807, 2.05) is 18.2 Å². The SMILES string of the molecule is CCCNC(CCC)COc1ccc2c(c1)OCO2. The highest BCUT2D eigenvalue weighted by Crippen LogP contribution is 2.35. The van der Waals surface area contributed by atoms with Crippen LogP contribution in [0.4, 0.5) is 0 Å². The monoisotopic (exact) mass is 265 g/mol. The average Bonchev–Trinajstić information content (AvgIpc) is 2.89. The van der Waals surface area contributed by atoms with Crippen molar-refractivity contribution in [3.05, 3.63) is 18.2 Å². The molecule has 4 nitrogen and oxygen atoms in total. The van der Waals surface area contributed by atoms with Gasteiger partial charge in [0.1, 0.15) is 12.4 Å². The van der Waals surface area contributed by atoms with E-state index in [-0.39, 0.29) is 0 Å². The van der Waals surface area contributed by atoms with Crippen LogP contribution in [0.3, 0.4) is 0 Å². The summed E-state index contributed by atoms with van der Waals surface area (Å²) in [7, 11) is 0. The Balaban J connectivity index is 1.85. The maximum absolute atomic E-state index is 5.84. The summed E-state index contributed by atoms with van der Waals surface area (Å²) in [5.41, 5.74) is 0. The summed E-state index contributed by atoms with van der Waals surface area (Å²) in [6.45, 7) is 6.40. The smallest absolute Gasteiger partial charge is 0.231 e. The maximum atomic E-state index is 5.84. The van der Waals surface area contributed by atoms with Gasteiger partial charge in [0, 0.05) is 12.1 Å². The number of benzene rings is 1. The van der Waals surface area contributed by atoms with E-state index >= 15 is 0 Å². The summed E-state index contributed by atoms with van der Waals surface area (Å²) < 4.78 is 16.5. The summed E-state index contributed by atoms with van der Waals surface area (Å²) in [5.74, 6) is 2.40. The Morgan fingerprint density at radius 2 is 2.05 bits per heavy atom. The first kappa shape index (κ1) is 14.0. The van der Waals surface area contributed by atoms with Crippen LogP contribution >= 0.6 is 0 Å². The lowest BCUT2D eigenvalue weighted by Crippen LogP contribution is -2.35. The molecule has 1 N–H and O–H groups in total. The second-order valence-corrected chi connectivity index (χ2v) is 4.77. The molecule has 1 heterocycles. The van der Waals surface area contributed by atoms with Crippen LogP contribution < -0.4 is 19.5 Å². The van der Waals surface area contributed by atoms with Crippen molar-refractivity contribution in [3.8, 4) is 17.2 Å². The largest absolute Gasteiger partial charge is 0.492 e. The van der Waals surface area contributed by atoms with Gasteiger partial charge in [0.2, 0.25) is 6.79 Å². The molecular weight excluding hydrogens is 242 g/mol. The van der Waals surface area contributed by atoms with Gasteiger partial charge in [-0.05, 0) is 31.5 Å². The van der Waals surface area contributed by atoms with E-state index in [1.54, 1.807) is 0 Å². The molecule has 2 rings (SSSR count). The van der Waals surface area contributed by atoms with Crippen molar-refractivity contribution in [1.29, 1.82) is 0 Å². The first-order chi connectivity index (χ1) is 9.33. The van der Waals surface area contributed by atoms with E-state index in [0.717, 1.165) is 43.1 Å². The quantitative estimate of drug-likeness (QED) is 0.784. The van der Waals surface area contributed by atoms with Gasteiger partial charge in [-0.3, -0.25) is 0 Å². The van der Waals surface area contributed by atoms with Crippen molar-refractivity contribution in [1.82, 2.24) is 5.32 Å². The number of fused-ring (bicyclic) bond motifs is 1. The Morgan fingerprint density at radius 1 is 1.21 bits per heavy atom. The number of hydrogen-bond donors (Lipinski definition) is 1. The maximum Gasteiger partial charge on any atom is 0.231 e. The zero-order chi connectivity index (χ0) is 13.5. The highest BCUT2D eigenvalue weighted by molar-refractivity contribution is 5.46. The van der Waals surface area contributed by atoms with Gasteiger partial charge in [0.05, 0.1) is 0 Å². The number of ether oxygens (including phenoxy) is 3. The second-order valence-electron chi connectivity index (χ2n) is 4.77. The fourth-order valence-corrected chi connectivity index (χ4v) is 2.10. The van der Waals surface area contributed by atoms with Crippen LogP contribution in [0.25, 0.3) is 0 Å². The minimum Gasteiger partial charge on any atom is -0.492 e. The summed E-state index contributed by atoms with van der Waals surface area (Å²) in [6.07, 6.45) is 3.43. The lowest BCUT2D eigenvalue weighted by atomic mass is 10.2. The van der Waals surface area contributed by atoms with Crippen LogP contribution in [0, 0.1) is 0 Å². The Labute approximate surface area is 115 Å². The molecule has 1 aliphatic heterocycles. The van der Waals surface area contributed by atoms with Gasteiger partial charge in [-0.1, -0.05) is 20.3 Å². The summed E-state index contributed by atoms with van der Waals surface area (Å²) in [5, 5.41) is 3.51. The molecule has 0 saturated carbocycles. The highest BCUT2D eigenvalue weighted by atomic mass is 16.7. The zero-order valence-corrected chi connectivity index (χ0v) is 11.8. The third-order valence-corrected chi connectivity index (χ3v) is 3.12. The Kier molecular flexibility index (Phi) is 5.33. The van der Waals surface area contributed by atoms with E-state index in [1.165, 1.54) is 0 Å². The van der Waals surface area contributed by atoms with Crippen molar-refractivity contribution < 1.29 is 14.2 Å². The molecule has 1 atom stereocenters. The lowest BCUT2D eigenvalue weighted by molar-refractivity contribution is 0.173. The molecule has 0 bridgehead atoms. The van der Waals surface area contributed by atoms with E-state index in [9.17, 15) is 0 Å². The van der Waals surface area contributed by atoms with Crippen LogP contribution in [0.2, 0.25) is 0 Å². The van der Waals surface area contributed by atoms with Gasteiger partial charge in [0.25, 0.3) is 0 Å². The topological polar surface area (TPSA) is 39.7 Å². The van der Waals surface area contributed by atoms with Crippen molar-refractivity contribution >= 4 is 0 Å². The number of rotatable bonds is 8. The van der Waals surface area contributed by atoms with E-state index in [4.69, 9.17) is 14.2 Å². The second kappa shape index (κ2) is 7.24. The fraction of sp³-hybridized carbons (Fsp3) is 0.600. The van der Waals surface area contributed by atoms with Crippen molar-refractivity contribution in [2.24, 2.45) is 0 Å². The van der Waals surface area contributed by atoms with Gasteiger partial charge >= 0.3 is 0 Å². The van der Waals surface area contributed by atoms with Crippen LogP contribution in [-0.2, 0) is 0 Å². The third kappa shape index (κ3) is 4.03. The van der Waals surface area contributed by atoms with E-state index < -0.39 is 0 Å². The Hall–Kier alpha value is -1.42. The molecule has 0 fully saturated rings. The minimum atomic E-state index is 0.301. The van der Waals surface area contributed by atoms with Gasteiger partial charge in [-0.25, -0.2) is 0 Å². The minimum absolute atomic E-state index is 0.301. The summed E-state index contributed by atoms with van der Waals surface area (Å²) in [4.78, 5) is 0.